The van der Waals surface area contributed by atoms with Crippen LogP contribution in [0.5, 0.6) is 0 Å². The first-order valence-corrected chi connectivity index (χ1v) is 7.75. The molecule has 1 aromatic rings. The van der Waals surface area contributed by atoms with E-state index < -0.39 is 0 Å². The highest BCUT2D eigenvalue weighted by molar-refractivity contribution is 14.1. The van der Waals surface area contributed by atoms with Crippen LogP contribution in [0, 0.1) is 10.7 Å². The SMILES string of the molecule is Nc1c(I)c(N)c(I)c(C(=O)NCCO)c1I. The summed E-state index contributed by atoms with van der Waals surface area (Å²) in [4.78, 5) is 11.9. The van der Waals surface area contributed by atoms with Gasteiger partial charge in [0.1, 0.15) is 0 Å². The number of hydrogen-bond donors (Lipinski definition) is 4. The van der Waals surface area contributed by atoms with E-state index in [1.807, 2.05) is 45.2 Å². The third-order valence-electron chi connectivity index (χ3n) is 2.01. The highest BCUT2D eigenvalue weighted by atomic mass is 127. The molecule has 0 aliphatic carbocycles. The predicted octanol–water partition coefficient (Wildman–Crippen LogP) is 1.39. The standard InChI is InChI=1S/C9H10I3N3O2/c10-4-3(9(17)15-1-2-16)5(11)8(14)6(12)7(4)13/h16H,1-2,13-14H2,(H,15,17). The van der Waals surface area contributed by atoms with Crippen LogP contribution in [-0.4, -0.2) is 24.2 Å². The molecule has 0 radical (unpaired) electrons. The van der Waals surface area contributed by atoms with Crippen LogP contribution in [0.2, 0.25) is 0 Å². The summed E-state index contributed by atoms with van der Waals surface area (Å²) in [6.07, 6.45) is 0. The number of amides is 1. The van der Waals surface area contributed by atoms with Crippen LogP contribution in [0.4, 0.5) is 11.4 Å². The number of halogens is 3. The van der Waals surface area contributed by atoms with Gasteiger partial charge in [0.05, 0.1) is 34.3 Å². The molecular weight excluding hydrogens is 563 g/mol. The number of rotatable bonds is 3. The van der Waals surface area contributed by atoms with Crippen LogP contribution < -0.4 is 16.8 Å². The Hall–Kier alpha value is 0.440. The molecule has 17 heavy (non-hydrogen) atoms. The molecule has 0 saturated heterocycles. The molecule has 1 amide bonds. The molecule has 94 valence electrons. The third-order valence-corrected chi connectivity index (χ3v) is 5.41. The van der Waals surface area contributed by atoms with Crippen molar-refractivity contribution >= 4 is 85.1 Å². The van der Waals surface area contributed by atoms with E-state index in [4.69, 9.17) is 16.6 Å². The van der Waals surface area contributed by atoms with Crippen LogP contribution in [-0.2, 0) is 0 Å². The lowest BCUT2D eigenvalue weighted by Crippen LogP contribution is -2.28. The summed E-state index contributed by atoms with van der Waals surface area (Å²) in [7, 11) is 0. The Kier molecular flexibility index (Phi) is 5.98. The van der Waals surface area contributed by atoms with Gasteiger partial charge in [0, 0.05) is 6.54 Å². The number of hydrogen-bond acceptors (Lipinski definition) is 4. The zero-order valence-corrected chi connectivity index (χ0v) is 15.0. The van der Waals surface area contributed by atoms with Crippen molar-refractivity contribution in [3.05, 3.63) is 16.3 Å². The molecule has 5 nitrogen and oxygen atoms in total. The molecule has 0 bridgehead atoms. The minimum atomic E-state index is -0.275. The molecule has 0 spiro atoms. The normalized spacial score (nSPS) is 10.4. The second kappa shape index (κ2) is 6.56. The van der Waals surface area contributed by atoms with E-state index in [-0.39, 0.29) is 19.1 Å². The van der Waals surface area contributed by atoms with E-state index in [0.717, 1.165) is 3.57 Å². The largest absolute Gasteiger partial charge is 0.397 e. The Morgan fingerprint density at radius 1 is 1.12 bits per heavy atom. The molecule has 0 saturated carbocycles. The van der Waals surface area contributed by atoms with Gasteiger partial charge in [0.25, 0.3) is 5.91 Å². The summed E-state index contributed by atoms with van der Waals surface area (Å²) in [6.45, 7) is 0.102. The number of anilines is 2. The highest BCUT2D eigenvalue weighted by Crippen LogP contribution is 2.35. The summed E-state index contributed by atoms with van der Waals surface area (Å²) in [6, 6.07) is 0. The van der Waals surface area contributed by atoms with Crippen molar-refractivity contribution in [3.63, 3.8) is 0 Å². The second-order valence-corrected chi connectivity index (χ2v) is 6.36. The van der Waals surface area contributed by atoms with Gasteiger partial charge in [-0.25, -0.2) is 0 Å². The Labute approximate surface area is 139 Å². The van der Waals surface area contributed by atoms with Gasteiger partial charge >= 0.3 is 0 Å². The zero-order valence-electron chi connectivity index (χ0n) is 8.56. The molecule has 6 N–H and O–H groups in total. The molecule has 0 aromatic heterocycles. The first kappa shape index (κ1) is 15.5. The van der Waals surface area contributed by atoms with Crippen molar-refractivity contribution in [2.24, 2.45) is 0 Å². The maximum absolute atomic E-state index is 11.9. The average Bonchev–Trinajstić information content (AvgIpc) is 2.31. The minimum absolute atomic E-state index is 0.103. The zero-order chi connectivity index (χ0) is 13.2. The van der Waals surface area contributed by atoms with Gasteiger partial charge in [-0.1, -0.05) is 0 Å². The summed E-state index contributed by atoms with van der Waals surface area (Å²) in [5.41, 5.74) is 13.3. The van der Waals surface area contributed by atoms with Gasteiger partial charge in [-0.05, 0) is 67.8 Å². The van der Waals surface area contributed by atoms with Gasteiger partial charge in [0.15, 0.2) is 0 Å². The highest BCUT2D eigenvalue weighted by Gasteiger charge is 2.21. The van der Waals surface area contributed by atoms with Crippen molar-refractivity contribution in [1.29, 1.82) is 0 Å². The van der Waals surface area contributed by atoms with Gasteiger partial charge in [-0.3, -0.25) is 4.79 Å². The number of nitrogens with two attached hydrogens (primary N) is 2. The fraction of sp³-hybridized carbons (Fsp3) is 0.222. The predicted molar refractivity (Wildman–Crippen MR) is 92.8 cm³/mol. The van der Waals surface area contributed by atoms with Crippen LogP contribution >= 0.6 is 67.8 Å². The summed E-state index contributed by atoms with van der Waals surface area (Å²) in [5.74, 6) is -0.275. The van der Waals surface area contributed by atoms with E-state index in [0.29, 0.717) is 24.1 Å². The quantitative estimate of drug-likeness (QED) is 0.325. The molecule has 0 heterocycles. The van der Waals surface area contributed by atoms with E-state index in [1.165, 1.54) is 0 Å². The van der Waals surface area contributed by atoms with Crippen LogP contribution in [0.25, 0.3) is 0 Å². The summed E-state index contributed by atoms with van der Waals surface area (Å²) in [5, 5.41) is 11.3. The van der Waals surface area contributed by atoms with Crippen LogP contribution in [0.1, 0.15) is 10.4 Å². The average molecular weight is 573 g/mol. The van der Waals surface area contributed by atoms with Crippen LogP contribution in [0.3, 0.4) is 0 Å². The molecule has 0 aliphatic rings. The van der Waals surface area contributed by atoms with Crippen molar-refractivity contribution in [2.45, 2.75) is 0 Å². The number of nitrogen functional groups attached to an aromatic ring is 2. The van der Waals surface area contributed by atoms with E-state index >= 15 is 0 Å². The summed E-state index contributed by atoms with van der Waals surface area (Å²) >= 11 is 6.11. The first-order valence-electron chi connectivity index (χ1n) is 4.52. The molecule has 0 fully saturated rings. The lowest BCUT2D eigenvalue weighted by molar-refractivity contribution is 0.0943. The van der Waals surface area contributed by atoms with E-state index in [9.17, 15) is 4.79 Å². The molecule has 0 atom stereocenters. The molecule has 1 aromatic carbocycles. The molecule has 8 heteroatoms. The summed E-state index contributed by atoms with van der Waals surface area (Å²) < 4.78 is 2.12. The Bertz CT molecular complexity index is 436. The fourth-order valence-electron chi connectivity index (χ4n) is 1.16. The van der Waals surface area contributed by atoms with Gasteiger partial charge in [-0.2, -0.15) is 0 Å². The number of carbonyl (C=O) groups excluding carboxylic acids is 1. The van der Waals surface area contributed by atoms with Crippen molar-refractivity contribution < 1.29 is 9.90 Å². The molecular formula is C9H10I3N3O2. The topological polar surface area (TPSA) is 101 Å². The van der Waals surface area contributed by atoms with Crippen molar-refractivity contribution in [2.75, 3.05) is 24.6 Å². The number of aliphatic hydroxyl groups excluding tert-OH is 1. The van der Waals surface area contributed by atoms with Crippen LogP contribution in [0.15, 0.2) is 0 Å². The molecule has 1 rings (SSSR count). The molecule has 0 unspecified atom stereocenters. The number of aliphatic hydroxyl groups is 1. The minimum Gasteiger partial charge on any atom is -0.397 e. The number of nitrogens with one attached hydrogen (secondary N) is 1. The second-order valence-electron chi connectivity index (χ2n) is 3.12. The fourth-order valence-corrected chi connectivity index (χ4v) is 4.82. The maximum atomic E-state index is 11.9. The lowest BCUT2D eigenvalue weighted by Gasteiger charge is -2.14. The van der Waals surface area contributed by atoms with Gasteiger partial charge in [-0.15, -0.1) is 0 Å². The van der Waals surface area contributed by atoms with Gasteiger partial charge < -0.3 is 21.9 Å². The van der Waals surface area contributed by atoms with Gasteiger partial charge in [0.2, 0.25) is 0 Å². The number of carbonyl (C=O) groups is 1. The smallest absolute Gasteiger partial charge is 0.253 e. The maximum Gasteiger partial charge on any atom is 0.253 e. The monoisotopic (exact) mass is 573 g/mol. The third kappa shape index (κ3) is 3.26. The Morgan fingerprint density at radius 3 is 2.00 bits per heavy atom. The number of benzene rings is 1. The lowest BCUT2D eigenvalue weighted by atomic mass is 10.1. The van der Waals surface area contributed by atoms with E-state index in [2.05, 4.69) is 27.9 Å². The van der Waals surface area contributed by atoms with Crippen molar-refractivity contribution in [3.8, 4) is 0 Å². The van der Waals surface area contributed by atoms with E-state index in [1.54, 1.807) is 0 Å². The Balaban J connectivity index is 3.29. The molecule has 0 aliphatic heterocycles. The Morgan fingerprint density at radius 2 is 1.59 bits per heavy atom. The first-order chi connectivity index (χ1) is 7.91. The van der Waals surface area contributed by atoms with Crippen molar-refractivity contribution in [1.82, 2.24) is 5.32 Å².